The molecule has 0 saturated carbocycles. The molecule has 1 rings (SSSR count). The lowest BCUT2D eigenvalue weighted by molar-refractivity contribution is 0.511. The summed E-state index contributed by atoms with van der Waals surface area (Å²) in [6, 6.07) is 10.4. The van der Waals surface area contributed by atoms with E-state index in [1.54, 1.807) is 0 Å². The van der Waals surface area contributed by atoms with E-state index in [1.807, 2.05) is 24.5 Å². The smallest absolute Gasteiger partial charge is 0.198 e. The van der Waals surface area contributed by atoms with E-state index in [4.69, 9.17) is 0 Å². The predicted octanol–water partition coefficient (Wildman–Crippen LogP) is 2.76. The van der Waals surface area contributed by atoms with Crippen molar-refractivity contribution in [1.82, 2.24) is 0 Å². The van der Waals surface area contributed by atoms with Crippen molar-refractivity contribution in [2.24, 2.45) is 5.92 Å². The van der Waals surface area contributed by atoms with Crippen LogP contribution in [0.2, 0.25) is 0 Å². The summed E-state index contributed by atoms with van der Waals surface area (Å²) >= 11 is 0. The van der Waals surface area contributed by atoms with Gasteiger partial charge in [0.25, 0.3) is 0 Å². The monoisotopic (exact) mass is 175 g/mol. The van der Waals surface area contributed by atoms with Crippen LogP contribution in [-0.2, 0) is 11.2 Å². The zero-order chi connectivity index (χ0) is 9.52. The highest BCUT2D eigenvalue weighted by Gasteiger charge is 2.02. The Morgan fingerprint density at radius 1 is 1.31 bits per heavy atom. The average molecular weight is 175 g/mol. The van der Waals surface area contributed by atoms with E-state index in [1.165, 1.54) is 5.56 Å². The molecule has 1 unspecified atom stereocenters. The number of hydrogen-bond acceptors (Lipinski definition) is 1. The highest BCUT2D eigenvalue weighted by Crippen LogP contribution is 2.12. The van der Waals surface area contributed by atoms with Gasteiger partial charge in [0.15, 0.2) is 6.29 Å². The fourth-order valence-corrected chi connectivity index (χ4v) is 1.42. The van der Waals surface area contributed by atoms with Crippen molar-refractivity contribution >= 4 is 6.29 Å². The van der Waals surface area contributed by atoms with Crippen molar-refractivity contribution in [1.29, 1.82) is 0 Å². The van der Waals surface area contributed by atoms with Crippen LogP contribution < -0.4 is 0 Å². The molecule has 1 radical (unpaired) electrons. The summed E-state index contributed by atoms with van der Waals surface area (Å²) in [4.78, 5) is 10.0. The van der Waals surface area contributed by atoms with E-state index < -0.39 is 0 Å². The van der Waals surface area contributed by atoms with Crippen molar-refractivity contribution in [2.45, 2.75) is 26.2 Å². The maximum absolute atomic E-state index is 10.0. The van der Waals surface area contributed by atoms with Crippen LogP contribution in [0.4, 0.5) is 0 Å². The minimum atomic E-state index is 0.563. The third kappa shape index (κ3) is 3.88. The van der Waals surface area contributed by atoms with Crippen LogP contribution in [0.5, 0.6) is 0 Å². The van der Waals surface area contributed by atoms with Gasteiger partial charge in [0.2, 0.25) is 0 Å². The molecule has 0 fully saturated rings. The SMILES string of the molecule is CC(CC[C]=O)Cc1ccccc1. The second kappa shape index (κ2) is 5.52. The van der Waals surface area contributed by atoms with E-state index in [2.05, 4.69) is 19.1 Å². The van der Waals surface area contributed by atoms with Gasteiger partial charge in [-0.25, -0.2) is 0 Å². The Morgan fingerprint density at radius 2 is 2.00 bits per heavy atom. The van der Waals surface area contributed by atoms with Gasteiger partial charge in [0.1, 0.15) is 0 Å². The average Bonchev–Trinajstić information content (AvgIpc) is 2.16. The zero-order valence-corrected chi connectivity index (χ0v) is 7.99. The van der Waals surface area contributed by atoms with Crippen molar-refractivity contribution in [3.8, 4) is 0 Å². The fraction of sp³-hybridized carbons (Fsp3) is 0.417. The van der Waals surface area contributed by atoms with Gasteiger partial charge < -0.3 is 0 Å². The second-order valence-corrected chi connectivity index (χ2v) is 3.48. The van der Waals surface area contributed by atoms with Crippen LogP contribution in [0.15, 0.2) is 30.3 Å². The Kier molecular flexibility index (Phi) is 4.24. The van der Waals surface area contributed by atoms with E-state index in [-0.39, 0.29) is 0 Å². The molecule has 1 heteroatoms. The molecule has 0 N–H and O–H groups in total. The van der Waals surface area contributed by atoms with Gasteiger partial charge in [0.05, 0.1) is 0 Å². The Labute approximate surface area is 79.8 Å². The van der Waals surface area contributed by atoms with Gasteiger partial charge in [-0.05, 0) is 24.3 Å². The topological polar surface area (TPSA) is 17.1 Å². The summed E-state index contributed by atoms with van der Waals surface area (Å²) in [5.41, 5.74) is 1.35. The molecular weight excluding hydrogens is 160 g/mol. The fourth-order valence-electron chi connectivity index (χ4n) is 1.42. The highest BCUT2D eigenvalue weighted by atomic mass is 16.1. The first kappa shape index (κ1) is 9.97. The van der Waals surface area contributed by atoms with Gasteiger partial charge in [0, 0.05) is 6.42 Å². The van der Waals surface area contributed by atoms with Crippen LogP contribution in [0.25, 0.3) is 0 Å². The zero-order valence-electron chi connectivity index (χ0n) is 7.99. The summed E-state index contributed by atoms with van der Waals surface area (Å²) in [5.74, 6) is 0.573. The second-order valence-electron chi connectivity index (χ2n) is 3.48. The number of carbonyl (C=O) groups excluding carboxylic acids is 1. The van der Waals surface area contributed by atoms with E-state index in [0.717, 1.165) is 12.8 Å². The standard InChI is InChI=1S/C12H15O/c1-11(6-5-9-13)10-12-7-3-2-4-8-12/h2-4,7-8,11H,5-6,10H2,1H3. The third-order valence-corrected chi connectivity index (χ3v) is 2.17. The van der Waals surface area contributed by atoms with E-state index >= 15 is 0 Å². The summed E-state index contributed by atoms with van der Waals surface area (Å²) in [5, 5.41) is 0. The molecule has 0 saturated heterocycles. The number of hydrogen-bond donors (Lipinski definition) is 0. The molecule has 0 heterocycles. The Morgan fingerprint density at radius 3 is 2.62 bits per heavy atom. The van der Waals surface area contributed by atoms with E-state index in [0.29, 0.717) is 12.3 Å². The quantitative estimate of drug-likeness (QED) is 0.672. The Bertz CT molecular complexity index is 241. The molecule has 0 bridgehead atoms. The van der Waals surface area contributed by atoms with Gasteiger partial charge in [-0.1, -0.05) is 37.3 Å². The normalized spacial score (nSPS) is 12.4. The lowest BCUT2D eigenvalue weighted by Crippen LogP contribution is -1.99. The minimum Gasteiger partial charge on any atom is -0.291 e. The first-order valence-electron chi connectivity index (χ1n) is 4.72. The number of rotatable bonds is 5. The van der Waals surface area contributed by atoms with Crippen molar-refractivity contribution in [3.05, 3.63) is 35.9 Å². The van der Waals surface area contributed by atoms with Crippen LogP contribution in [0.3, 0.4) is 0 Å². The van der Waals surface area contributed by atoms with Crippen molar-refractivity contribution < 1.29 is 4.79 Å². The minimum absolute atomic E-state index is 0.563. The molecule has 1 atom stereocenters. The molecular formula is C12H15O. The van der Waals surface area contributed by atoms with E-state index in [9.17, 15) is 4.79 Å². The Balaban J connectivity index is 2.36. The molecule has 1 nitrogen and oxygen atoms in total. The van der Waals surface area contributed by atoms with Gasteiger partial charge in [-0.15, -0.1) is 0 Å². The first-order chi connectivity index (χ1) is 6.33. The molecule has 0 amide bonds. The largest absolute Gasteiger partial charge is 0.291 e. The molecule has 0 aliphatic rings. The highest BCUT2D eigenvalue weighted by molar-refractivity contribution is 5.50. The molecule has 1 aromatic carbocycles. The summed E-state index contributed by atoms with van der Waals surface area (Å²) in [7, 11) is 0. The van der Waals surface area contributed by atoms with Gasteiger partial charge in [-0.3, -0.25) is 4.79 Å². The first-order valence-corrected chi connectivity index (χ1v) is 4.72. The molecule has 0 aliphatic heterocycles. The Hall–Kier alpha value is -1.11. The van der Waals surface area contributed by atoms with Crippen LogP contribution in [0.1, 0.15) is 25.3 Å². The number of benzene rings is 1. The predicted molar refractivity (Wildman–Crippen MR) is 54.2 cm³/mol. The lowest BCUT2D eigenvalue weighted by Gasteiger charge is -2.08. The van der Waals surface area contributed by atoms with Crippen LogP contribution in [0, 0.1) is 5.92 Å². The van der Waals surface area contributed by atoms with Gasteiger partial charge >= 0.3 is 0 Å². The molecule has 1 aromatic rings. The van der Waals surface area contributed by atoms with Crippen LogP contribution >= 0.6 is 0 Å². The molecule has 69 valence electrons. The lowest BCUT2D eigenvalue weighted by atomic mass is 9.97. The van der Waals surface area contributed by atoms with Crippen LogP contribution in [-0.4, -0.2) is 6.29 Å². The molecule has 0 spiro atoms. The molecule has 13 heavy (non-hydrogen) atoms. The third-order valence-electron chi connectivity index (χ3n) is 2.17. The van der Waals surface area contributed by atoms with Crippen molar-refractivity contribution in [2.75, 3.05) is 0 Å². The maximum atomic E-state index is 10.0. The summed E-state index contributed by atoms with van der Waals surface area (Å²) in [6.07, 6.45) is 4.50. The maximum Gasteiger partial charge on any atom is 0.198 e. The summed E-state index contributed by atoms with van der Waals surface area (Å²) in [6.45, 7) is 2.17. The molecule has 0 aliphatic carbocycles. The molecule has 0 aromatic heterocycles. The van der Waals surface area contributed by atoms with Gasteiger partial charge in [-0.2, -0.15) is 0 Å². The summed E-state index contributed by atoms with van der Waals surface area (Å²) < 4.78 is 0. The van der Waals surface area contributed by atoms with Crippen molar-refractivity contribution in [3.63, 3.8) is 0 Å².